The standard InChI is InChI=1S/C16H15BrO2/c1-11-6-8-13(9-7-11)16(18)12(2)19-15-5-3-4-14(17)10-15/h3-10,12H,1-2H3/t12-/m0/s1. The van der Waals surface area contributed by atoms with E-state index in [4.69, 9.17) is 4.74 Å². The molecule has 0 saturated carbocycles. The predicted octanol–water partition coefficient (Wildman–Crippen LogP) is 4.41. The number of rotatable bonds is 4. The molecule has 0 fully saturated rings. The third-order valence-corrected chi connectivity index (χ3v) is 3.31. The van der Waals surface area contributed by atoms with Crippen LogP contribution < -0.4 is 4.74 Å². The van der Waals surface area contributed by atoms with Gasteiger partial charge in [-0.05, 0) is 32.0 Å². The van der Waals surface area contributed by atoms with Crippen molar-refractivity contribution in [2.24, 2.45) is 0 Å². The lowest BCUT2D eigenvalue weighted by Crippen LogP contribution is -2.23. The molecule has 0 saturated heterocycles. The van der Waals surface area contributed by atoms with Crippen LogP contribution in [-0.2, 0) is 0 Å². The monoisotopic (exact) mass is 318 g/mol. The number of aryl methyl sites for hydroxylation is 1. The number of Topliss-reactive ketones (excluding diaryl/α,β-unsaturated/α-hetero) is 1. The van der Waals surface area contributed by atoms with Crippen LogP contribution in [0.15, 0.2) is 53.0 Å². The van der Waals surface area contributed by atoms with Crippen molar-refractivity contribution in [2.75, 3.05) is 0 Å². The second-order valence-electron chi connectivity index (χ2n) is 4.45. The summed E-state index contributed by atoms with van der Waals surface area (Å²) in [4.78, 5) is 12.2. The van der Waals surface area contributed by atoms with E-state index in [-0.39, 0.29) is 5.78 Å². The van der Waals surface area contributed by atoms with Crippen LogP contribution >= 0.6 is 15.9 Å². The highest BCUT2D eigenvalue weighted by Gasteiger charge is 2.16. The number of carbonyl (C=O) groups is 1. The van der Waals surface area contributed by atoms with Crippen molar-refractivity contribution in [2.45, 2.75) is 20.0 Å². The summed E-state index contributed by atoms with van der Waals surface area (Å²) >= 11 is 3.38. The average Bonchev–Trinajstić information content (AvgIpc) is 2.39. The van der Waals surface area contributed by atoms with Gasteiger partial charge in [0.15, 0.2) is 6.10 Å². The zero-order valence-electron chi connectivity index (χ0n) is 10.9. The molecule has 0 unspecified atom stereocenters. The van der Waals surface area contributed by atoms with E-state index in [1.165, 1.54) is 0 Å². The Morgan fingerprint density at radius 2 is 1.84 bits per heavy atom. The Morgan fingerprint density at radius 1 is 1.16 bits per heavy atom. The molecule has 3 heteroatoms. The summed E-state index contributed by atoms with van der Waals surface area (Å²) in [6.07, 6.45) is -0.503. The second kappa shape index (κ2) is 6.02. The third kappa shape index (κ3) is 3.67. The quantitative estimate of drug-likeness (QED) is 0.781. The largest absolute Gasteiger partial charge is 0.483 e. The maximum atomic E-state index is 12.2. The van der Waals surface area contributed by atoms with E-state index in [0.717, 1.165) is 10.0 Å². The Bertz CT molecular complexity index is 576. The van der Waals surface area contributed by atoms with Crippen molar-refractivity contribution in [3.05, 3.63) is 64.1 Å². The lowest BCUT2D eigenvalue weighted by molar-refractivity contribution is 0.0818. The van der Waals surface area contributed by atoms with Gasteiger partial charge in [0, 0.05) is 10.0 Å². The first kappa shape index (κ1) is 13.8. The van der Waals surface area contributed by atoms with E-state index in [2.05, 4.69) is 15.9 Å². The number of benzene rings is 2. The van der Waals surface area contributed by atoms with Crippen LogP contribution in [0.25, 0.3) is 0 Å². The minimum atomic E-state index is -0.503. The van der Waals surface area contributed by atoms with Gasteiger partial charge in [-0.25, -0.2) is 0 Å². The van der Waals surface area contributed by atoms with E-state index in [9.17, 15) is 4.79 Å². The molecule has 0 aliphatic heterocycles. The fourth-order valence-corrected chi connectivity index (χ4v) is 2.13. The molecule has 2 aromatic rings. The van der Waals surface area contributed by atoms with E-state index in [1.807, 2.05) is 55.5 Å². The molecule has 0 amide bonds. The molecule has 0 heterocycles. The van der Waals surface area contributed by atoms with Crippen molar-refractivity contribution in [3.8, 4) is 5.75 Å². The molecular weight excluding hydrogens is 304 g/mol. The van der Waals surface area contributed by atoms with Gasteiger partial charge in [0.2, 0.25) is 5.78 Å². The number of carbonyl (C=O) groups excluding carboxylic acids is 1. The zero-order chi connectivity index (χ0) is 13.8. The van der Waals surface area contributed by atoms with Crippen molar-refractivity contribution in [1.29, 1.82) is 0 Å². The highest BCUT2D eigenvalue weighted by molar-refractivity contribution is 9.10. The van der Waals surface area contributed by atoms with Crippen molar-refractivity contribution in [1.82, 2.24) is 0 Å². The third-order valence-electron chi connectivity index (χ3n) is 2.81. The van der Waals surface area contributed by atoms with Gasteiger partial charge in [0.1, 0.15) is 5.75 Å². The van der Waals surface area contributed by atoms with Gasteiger partial charge in [-0.1, -0.05) is 51.8 Å². The number of halogens is 1. The maximum Gasteiger partial charge on any atom is 0.202 e. The number of ether oxygens (including phenoxy) is 1. The van der Waals surface area contributed by atoms with Crippen LogP contribution in [0.4, 0.5) is 0 Å². The lowest BCUT2D eigenvalue weighted by atomic mass is 10.1. The summed E-state index contributed by atoms with van der Waals surface area (Å²) < 4.78 is 6.59. The van der Waals surface area contributed by atoms with Gasteiger partial charge in [0.05, 0.1) is 0 Å². The molecule has 98 valence electrons. The lowest BCUT2D eigenvalue weighted by Gasteiger charge is -2.14. The summed E-state index contributed by atoms with van der Waals surface area (Å²) in [6, 6.07) is 15.0. The molecule has 0 radical (unpaired) electrons. The van der Waals surface area contributed by atoms with Crippen LogP contribution in [0.2, 0.25) is 0 Å². The molecule has 19 heavy (non-hydrogen) atoms. The Labute approximate surface area is 121 Å². The molecule has 0 aliphatic rings. The maximum absolute atomic E-state index is 12.2. The average molecular weight is 319 g/mol. The topological polar surface area (TPSA) is 26.3 Å². The number of hydrogen-bond acceptors (Lipinski definition) is 2. The van der Waals surface area contributed by atoms with E-state index in [1.54, 1.807) is 6.92 Å². The SMILES string of the molecule is Cc1ccc(C(=O)[C@H](C)Oc2cccc(Br)c2)cc1. The van der Waals surface area contributed by atoms with Crippen LogP contribution in [0.5, 0.6) is 5.75 Å². The fraction of sp³-hybridized carbons (Fsp3) is 0.188. The van der Waals surface area contributed by atoms with Crippen LogP contribution in [0.1, 0.15) is 22.8 Å². The Hall–Kier alpha value is -1.61. The second-order valence-corrected chi connectivity index (χ2v) is 5.36. The first-order valence-electron chi connectivity index (χ1n) is 6.09. The van der Waals surface area contributed by atoms with Gasteiger partial charge in [0.25, 0.3) is 0 Å². The van der Waals surface area contributed by atoms with Crippen molar-refractivity contribution >= 4 is 21.7 Å². The van der Waals surface area contributed by atoms with Crippen LogP contribution in [-0.4, -0.2) is 11.9 Å². The zero-order valence-corrected chi connectivity index (χ0v) is 12.5. The van der Waals surface area contributed by atoms with Gasteiger partial charge in [-0.15, -0.1) is 0 Å². The molecule has 0 aliphatic carbocycles. The Balaban J connectivity index is 2.09. The van der Waals surface area contributed by atoms with Gasteiger partial charge >= 0.3 is 0 Å². The van der Waals surface area contributed by atoms with E-state index >= 15 is 0 Å². The van der Waals surface area contributed by atoms with Crippen LogP contribution in [0, 0.1) is 6.92 Å². The summed E-state index contributed by atoms with van der Waals surface area (Å²) in [5.41, 5.74) is 1.81. The highest BCUT2D eigenvalue weighted by Crippen LogP contribution is 2.20. The normalized spacial score (nSPS) is 11.9. The summed E-state index contributed by atoms with van der Waals surface area (Å²) in [5, 5.41) is 0. The number of hydrogen-bond donors (Lipinski definition) is 0. The molecule has 0 bridgehead atoms. The first-order valence-corrected chi connectivity index (χ1v) is 6.88. The predicted molar refractivity (Wildman–Crippen MR) is 79.7 cm³/mol. The molecule has 0 spiro atoms. The minimum Gasteiger partial charge on any atom is -0.483 e. The van der Waals surface area contributed by atoms with Gasteiger partial charge < -0.3 is 4.74 Å². The van der Waals surface area contributed by atoms with E-state index in [0.29, 0.717) is 11.3 Å². The molecular formula is C16H15BrO2. The molecule has 2 aromatic carbocycles. The summed E-state index contributed by atoms with van der Waals surface area (Å²) in [5.74, 6) is 0.669. The molecule has 0 aromatic heterocycles. The van der Waals surface area contributed by atoms with Gasteiger partial charge in [-0.3, -0.25) is 4.79 Å². The molecule has 1 atom stereocenters. The minimum absolute atomic E-state index is 0.0139. The Morgan fingerprint density at radius 3 is 2.47 bits per heavy atom. The summed E-state index contributed by atoms with van der Waals surface area (Å²) in [7, 11) is 0. The van der Waals surface area contributed by atoms with Crippen LogP contribution in [0.3, 0.4) is 0 Å². The fourth-order valence-electron chi connectivity index (χ4n) is 1.75. The number of ketones is 1. The molecule has 2 rings (SSSR count). The van der Waals surface area contributed by atoms with Gasteiger partial charge in [-0.2, -0.15) is 0 Å². The Kier molecular flexibility index (Phi) is 4.38. The first-order chi connectivity index (χ1) is 9.06. The molecule has 2 nitrogen and oxygen atoms in total. The van der Waals surface area contributed by atoms with Crippen molar-refractivity contribution < 1.29 is 9.53 Å². The molecule has 0 N–H and O–H groups in total. The highest BCUT2D eigenvalue weighted by atomic mass is 79.9. The van der Waals surface area contributed by atoms with Crippen molar-refractivity contribution in [3.63, 3.8) is 0 Å². The van der Waals surface area contributed by atoms with E-state index < -0.39 is 6.10 Å². The summed E-state index contributed by atoms with van der Waals surface area (Å²) in [6.45, 7) is 3.76. The smallest absolute Gasteiger partial charge is 0.202 e.